The molecular formula is C14H15F3N2O3. The van der Waals surface area contributed by atoms with Gasteiger partial charge in [0.2, 0.25) is 5.91 Å². The molecule has 0 spiro atoms. The molecule has 1 N–H and O–H groups in total. The Kier molecular flexibility index (Phi) is 5.02. The summed E-state index contributed by atoms with van der Waals surface area (Å²) in [5.74, 6) is -5.68. The van der Waals surface area contributed by atoms with Gasteiger partial charge in [-0.25, -0.2) is 13.2 Å². The van der Waals surface area contributed by atoms with E-state index < -0.39 is 40.9 Å². The quantitative estimate of drug-likeness (QED) is 0.849. The lowest BCUT2D eigenvalue weighted by atomic mass is 10.1. The average molecular weight is 316 g/mol. The summed E-state index contributed by atoms with van der Waals surface area (Å²) >= 11 is 0. The van der Waals surface area contributed by atoms with E-state index >= 15 is 0 Å². The minimum absolute atomic E-state index is 0.377. The zero-order chi connectivity index (χ0) is 16.3. The molecule has 1 aromatic carbocycles. The number of nitrogens with zero attached hydrogens (tertiary/aromatic N) is 1. The predicted octanol–water partition coefficient (Wildman–Crippen LogP) is 1.08. The van der Waals surface area contributed by atoms with Gasteiger partial charge in [0.1, 0.15) is 17.4 Å². The van der Waals surface area contributed by atoms with Crippen molar-refractivity contribution in [2.24, 2.45) is 0 Å². The van der Waals surface area contributed by atoms with Crippen LogP contribution >= 0.6 is 0 Å². The van der Waals surface area contributed by atoms with Gasteiger partial charge in [0, 0.05) is 13.1 Å². The van der Waals surface area contributed by atoms with Crippen molar-refractivity contribution in [3.8, 4) is 0 Å². The monoisotopic (exact) mass is 316 g/mol. The largest absolute Gasteiger partial charge is 0.378 e. The van der Waals surface area contributed by atoms with Gasteiger partial charge in [-0.1, -0.05) is 0 Å². The maximum atomic E-state index is 13.5. The van der Waals surface area contributed by atoms with Crippen molar-refractivity contribution in [3.63, 3.8) is 0 Å². The Hall–Kier alpha value is -2.09. The Balaban J connectivity index is 2.08. The molecule has 2 rings (SSSR count). The van der Waals surface area contributed by atoms with Gasteiger partial charge < -0.3 is 15.0 Å². The van der Waals surface area contributed by atoms with E-state index in [9.17, 15) is 22.8 Å². The van der Waals surface area contributed by atoms with Crippen molar-refractivity contribution in [3.05, 3.63) is 35.1 Å². The molecule has 1 saturated heterocycles. The number of benzene rings is 1. The zero-order valence-corrected chi connectivity index (χ0v) is 11.9. The van der Waals surface area contributed by atoms with Crippen LogP contribution in [0.1, 0.15) is 17.3 Å². The average Bonchev–Trinajstić information content (AvgIpc) is 2.51. The van der Waals surface area contributed by atoms with E-state index in [0.29, 0.717) is 38.4 Å². The lowest BCUT2D eigenvalue weighted by molar-refractivity contribution is -0.136. The molecule has 1 unspecified atom stereocenters. The topological polar surface area (TPSA) is 58.6 Å². The Morgan fingerprint density at radius 1 is 1.18 bits per heavy atom. The summed E-state index contributed by atoms with van der Waals surface area (Å²) in [6.07, 6.45) is 0. The van der Waals surface area contributed by atoms with E-state index in [4.69, 9.17) is 4.74 Å². The van der Waals surface area contributed by atoms with Gasteiger partial charge >= 0.3 is 0 Å². The van der Waals surface area contributed by atoms with Crippen LogP contribution < -0.4 is 5.32 Å². The van der Waals surface area contributed by atoms with Gasteiger partial charge in [-0.05, 0) is 19.1 Å². The van der Waals surface area contributed by atoms with Crippen LogP contribution in [-0.2, 0) is 9.53 Å². The van der Waals surface area contributed by atoms with Crippen LogP contribution in [0.2, 0.25) is 0 Å². The minimum Gasteiger partial charge on any atom is -0.378 e. The molecule has 1 fully saturated rings. The van der Waals surface area contributed by atoms with E-state index in [1.165, 1.54) is 11.8 Å². The molecule has 5 nitrogen and oxygen atoms in total. The first-order chi connectivity index (χ1) is 10.4. The third-order valence-corrected chi connectivity index (χ3v) is 3.31. The number of hydrogen-bond donors (Lipinski definition) is 1. The molecule has 120 valence electrons. The van der Waals surface area contributed by atoms with Crippen molar-refractivity contribution < 1.29 is 27.5 Å². The summed E-state index contributed by atoms with van der Waals surface area (Å²) < 4.78 is 45.2. The lowest BCUT2D eigenvalue weighted by Gasteiger charge is -2.29. The summed E-state index contributed by atoms with van der Waals surface area (Å²) in [7, 11) is 0. The fraction of sp³-hybridized carbons (Fsp3) is 0.429. The zero-order valence-electron chi connectivity index (χ0n) is 11.9. The normalized spacial score (nSPS) is 16.3. The number of hydrogen-bond acceptors (Lipinski definition) is 3. The number of halogens is 3. The van der Waals surface area contributed by atoms with Crippen molar-refractivity contribution in [2.45, 2.75) is 13.0 Å². The third kappa shape index (κ3) is 3.38. The molecule has 0 aliphatic carbocycles. The Labute approximate surface area is 125 Å². The summed E-state index contributed by atoms with van der Waals surface area (Å²) in [6.45, 7) is 2.92. The number of carbonyl (C=O) groups excluding carboxylic acids is 2. The standard InChI is InChI=1S/C14H15F3N2O3/c1-8(14(21)19-4-6-22-7-5-19)18-13(20)11-9(15)2-3-10(16)12(11)17/h2-3,8H,4-7H2,1H3,(H,18,20). The van der Waals surface area contributed by atoms with Gasteiger partial charge in [0.25, 0.3) is 5.91 Å². The predicted molar refractivity (Wildman–Crippen MR) is 70.6 cm³/mol. The Bertz CT molecular complexity index is 589. The molecule has 22 heavy (non-hydrogen) atoms. The highest BCUT2D eigenvalue weighted by molar-refractivity contribution is 5.97. The molecule has 1 aliphatic rings. The number of ether oxygens (including phenoxy) is 1. The van der Waals surface area contributed by atoms with E-state index in [-0.39, 0.29) is 0 Å². The molecule has 1 atom stereocenters. The van der Waals surface area contributed by atoms with Crippen LogP contribution in [0.15, 0.2) is 12.1 Å². The van der Waals surface area contributed by atoms with Crippen molar-refractivity contribution >= 4 is 11.8 Å². The second-order valence-electron chi connectivity index (χ2n) is 4.85. The summed E-state index contributed by atoms with van der Waals surface area (Å²) in [5.41, 5.74) is -1.04. The minimum atomic E-state index is -1.58. The molecule has 0 bridgehead atoms. The van der Waals surface area contributed by atoms with E-state index in [2.05, 4.69) is 5.32 Å². The third-order valence-electron chi connectivity index (χ3n) is 3.31. The molecule has 1 aliphatic heterocycles. The number of morpholine rings is 1. The molecule has 2 amide bonds. The first kappa shape index (κ1) is 16.3. The smallest absolute Gasteiger partial charge is 0.258 e. The lowest BCUT2D eigenvalue weighted by Crippen LogP contribution is -2.50. The van der Waals surface area contributed by atoms with Gasteiger partial charge in [-0.2, -0.15) is 0 Å². The number of amides is 2. The first-order valence-corrected chi connectivity index (χ1v) is 6.72. The van der Waals surface area contributed by atoms with Crippen LogP contribution in [0.4, 0.5) is 13.2 Å². The van der Waals surface area contributed by atoms with Crippen LogP contribution in [0, 0.1) is 17.5 Å². The highest BCUT2D eigenvalue weighted by Crippen LogP contribution is 2.16. The molecule has 1 aromatic rings. The van der Waals surface area contributed by atoms with E-state index in [0.717, 1.165) is 0 Å². The van der Waals surface area contributed by atoms with Crippen molar-refractivity contribution in [1.82, 2.24) is 10.2 Å². The highest BCUT2D eigenvalue weighted by Gasteiger charge is 2.27. The summed E-state index contributed by atoms with van der Waals surface area (Å²) in [4.78, 5) is 25.5. The van der Waals surface area contributed by atoms with Gasteiger partial charge in [0.05, 0.1) is 13.2 Å². The Morgan fingerprint density at radius 2 is 1.77 bits per heavy atom. The van der Waals surface area contributed by atoms with Crippen LogP contribution in [-0.4, -0.2) is 49.1 Å². The fourth-order valence-electron chi connectivity index (χ4n) is 2.12. The van der Waals surface area contributed by atoms with E-state index in [1.807, 2.05) is 0 Å². The summed E-state index contributed by atoms with van der Waals surface area (Å²) in [5, 5.41) is 2.18. The number of carbonyl (C=O) groups is 2. The number of rotatable bonds is 3. The first-order valence-electron chi connectivity index (χ1n) is 6.72. The molecular weight excluding hydrogens is 301 g/mol. The second-order valence-corrected chi connectivity index (χ2v) is 4.85. The maximum absolute atomic E-state index is 13.5. The second kappa shape index (κ2) is 6.78. The molecule has 8 heteroatoms. The van der Waals surface area contributed by atoms with Crippen molar-refractivity contribution in [2.75, 3.05) is 26.3 Å². The molecule has 0 saturated carbocycles. The highest BCUT2D eigenvalue weighted by atomic mass is 19.2. The van der Waals surface area contributed by atoms with Gasteiger partial charge in [0.15, 0.2) is 11.6 Å². The summed E-state index contributed by atoms with van der Waals surface area (Å²) in [6, 6.07) is 0.249. The van der Waals surface area contributed by atoms with E-state index in [1.54, 1.807) is 0 Å². The van der Waals surface area contributed by atoms with Gasteiger partial charge in [-0.3, -0.25) is 9.59 Å². The Morgan fingerprint density at radius 3 is 2.41 bits per heavy atom. The molecule has 0 aromatic heterocycles. The SMILES string of the molecule is CC(NC(=O)c1c(F)ccc(F)c1F)C(=O)N1CCOCC1. The number of nitrogens with one attached hydrogen (secondary N) is 1. The van der Waals surface area contributed by atoms with Gasteiger partial charge in [-0.15, -0.1) is 0 Å². The fourth-order valence-corrected chi connectivity index (χ4v) is 2.12. The van der Waals surface area contributed by atoms with Crippen LogP contribution in [0.25, 0.3) is 0 Å². The van der Waals surface area contributed by atoms with Crippen LogP contribution in [0.5, 0.6) is 0 Å². The molecule has 1 heterocycles. The van der Waals surface area contributed by atoms with Crippen molar-refractivity contribution in [1.29, 1.82) is 0 Å². The molecule has 0 radical (unpaired) electrons. The van der Waals surface area contributed by atoms with Crippen LogP contribution in [0.3, 0.4) is 0 Å². The maximum Gasteiger partial charge on any atom is 0.258 e.